The van der Waals surface area contributed by atoms with Crippen LogP contribution in [0, 0.1) is 25.5 Å². The second-order valence-electron chi connectivity index (χ2n) is 7.33. The molecule has 0 atom stereocenters. The van der Waals surface area contributed by atoms with Gasteiger partial charge in [-0.05, 0) is 38.5 Å². The van der Waals surface area contributed by atoms with Gasteiger partial charge < -0.3 is 9.47 Å². The number of nitrogens with zero attached hydrogens (tertiary/aromatic N) is 6. The van der Waals surface area contributed by atoms with Crippen molar-refractivity contribution in [3.63, 3.8) is 0 Å². The number of fused-ring (bicyclic) bond motifs is 1. The smallest absolute Gasteiger partial charge is 0.283 e. The summed E-state index contributed by atoms with van der Waals surface area (Å²) in [5.74, 6) is -1.01. The molecule has 3 aromatic heterocycles. The molecule has 0 spiro atoms. The third kappa shape index (κ3) is 2.69. The molecule has 0 amide bonds. The molecular formula is C21H18F2N6O. The van der Waals surface area contributed by atoms with E-state index < -0.39 is 11.4 Å². The van der Waals surface area contributed by atoms with Gasteiger partial charge in [0.1, 0.15) is 5.82 Å². The van der Waals surface area contributed by atoms with E-state index in [9.17, 15) is 13.6 Å². The number of aryl methyl sites for hydroxylation is 2. The van der Waals surface area contributed by atoms with Crippen LogP contribution in [-0.2, 0) is 0 Å². The van der Waals surface area contributed by atoms with Crippen LogP contribution < -0.4 is 10.5 Å². The molecule has 0 saturated carbocycles. The highest BCUT2D eigenvalue weighted by Gasteiger charge is 2.22. The first-order valence-electron chi connectivity index (χ1n) is 9.58. The van der Waals surface area contributed by atoms with Crippen molar-refractivity contribution in [2.45, 2.75) is 20.3 Å². The summed E-state index contributed by atoms with van der Waals surface area (Å²) < 4.78 is 30.7. The summed E-state index contributed by atoms with van der Waals surface area (Å²) in [6, 6.07) is 5.03. The summed E-state index contributed by atoms with van der Waals surface area (Å²) in [4.78, 5) is 23.0. The summed E-state index contributed by atoms with van der Waals surface area (Å²) in [7, 11) is 0. The van der Waals surface area contributed by atoms with E-state index in [0.29, 0.717) is 27.8 Å². The highest BCUT2D eigenvalue weighted by molar-refractivity contribution is 5.88. The van der Waals surface area contributed by atoms with Gasteiger partial charge in [0.15, 0.2) is 5.82 Å². The second-order valence-corrected chi connectivity index (χ2v) is 7.33. The van der Waals surface area contributed by atoms with Crippen molar-refractivity contribution < 1.29 is 8.78 Å². The number of halogens is 2. The molecule has 9 heteroatoms. The van der Waals surface area contributed by atoms with Crippen molar-refractivity contribution in [2.75, 3.05) is 18.0 Å². The quantitative estimate of drug-likeness (QED) is 0.521. The van der Waals surface area contributed by atoms with E-state index in [-0.39, 0.29) is 11.8 Å². The van der Waals surface area contributed by atoms with Crippen LogP contribution in [0.5, 0.6) is 0 Å². The van der Waals surface area contributed by atoms with E-state index in [1.54, 1.807) is 17.6 Å². The van der Waals surface area contributed by atoms with Crippen molar-refractivity contribution in [2.24, 2.45) is 0 Å². The largest absolute Gasteiger partial charge is 0.371 e. The predicted molar refractivity (Wildman–Crippen MR) is 108 cm³/mol. The van der Waals surface area contributed by atoms with E-state index in [4.69, 9.17) is 0 Å². The molecule has 4 heterocycles. The molecule has 30 heavy (non-hydrogen) atoms. The Morgan fingerprint density at radius 3 is 2.40 bits per heavy atom. The van der Waals surface area contributed by atoms with Crippen LogP contribution in [0.3, 0.4) is 0 Å². The third-order valence-corrected chi connectivity index (χ3v) is 5.59. The van der Waals surface area contributed by atoms with E-state index in [1.165, 1.54) is 12.3 Å². The molecule has 152 valence electrons. The maximum Gasteiger partial charge on any atom is 0.283 e. The Balaban J connectivity index is 1.72. The number of benzene rings is 1. The van der Waals surface area contributed by atoms with Crippen LogP contribution in [0.2, 0.25) is 0 Å². The zero-order chi connectivity index (χ0) is 21.0. The lowest BCUT2D eigenvalue weighted by Crippen LogP contribution is -2.37. The molecule has 4 aromatic rings. The molecule has 1 aliphatic heterocycles. The summed E-state index contributed by atoms with van der Waals surface area (Å²) in [5, 5.41) is 5.16. The second kappa shape index (κ2) is 6.72. The lowest BCUT2D eigenvalue weighted by molar-refractivity contribution is 0.604. The lowest BCUT2D eigenvalue weighted by Gasteiger charge is -2.33. The molecule has 0 bridgehead atoms. The van der Waals surface area contributed by atoms with Crippen LogP contribution in [0.25, 0.3) is 22.4 Å². The fourth-order valence-electron chi connectivity index (χ4n) is 3.92. The van der Waals surface area contributed by atoms with Crippen LogP contribution in [0.1, 0.15) is 17.8 Å². The average molecular weight is 408 g/mol. The van der Waals surface area contributed by atoms with Crippen molar-refractivity contribution >= 4 is 16.5 Å². The van der Waals surface area contributed by atoms with Gasteiger partial charge in [-0.2, -0.15) is 9.78 Å². The minimum atomic E-state index is -0.608. The standard InChI is InChI=1S/C21H18F2N6O/c1-12-16-11-26-29(21-24-9-14(22)10-25-21)20(30)19(16)13(2)28(12)18-8-15(4-5-17(18)23)27-6-3-7-27/h4-5,8-11H,3,6-7H2,1-2H3. The molecule has 1 saturated heterocycles. The van der Waals surface area contributed by atoms with Crippen LogP contribution >= 0.6 is 0 Å². The molecule has 5 rings (SSSR count). The summed E-state index contributed by atoms with van der Waals surface area (Å²) >= 11 is 0. The monoisotopic (exact) mass is 408 g/mol. The highest BCUT2D eigenvalue weighted by atomic mass is 19.1. The number of aromatic nitrogens is 5. The van der Waals surface area contributed by atoms with E-state index in [0.717, 1.165) is 42.3 Å². The van der Waals surface area contributed by atoms with Gasteiger partial charge in [0, 0.05) is 35.6 Å². The molecule has 0 radical (unpaired) electrons. The van der Waals surface area contributed by atoms with Crippen molar-refractivity contribution in [3.05, 3.63) is 70.2 Å². The van der Waals surface area contributed by atoms with Crippen molar-refractivity contribution in [1.82, 2.24) is 24.3 Å². The Morgan fingerprint density at radius 2 is 1.73 bits per heavy atom. The molecule has 0 N–H and O–H groups in total. The first-order valence-corrected chi connectivity index (χ1v) is 9.58. The van der Waals surface area contributed by atoms with Gasteiger partial charge in [0.05, 0.1) is 29.7 Å². The third-order valence-electron chi connectivity index (χ3n) is 5.59. The fourth-order valence-corrected chi connectivity index (χ4v) is 3.92. The van der Waals surface area contributed by atoms with Crippen LogP contribution in [0.15, 0.2) is 41.6 Å². The molecule has 7 nitrogen and oxygen atoms in total. The van der Waals surface area contributed by atoms with Gasteiger partial charge in [-0.15, -0.1) is 0 Å². The van der Waals surface area contributed by atoms with Gasteiger partial charge in [-0.3, -0.25) is 4.79 Å². The topological polar surface area (TPSA) is 68.8 Å². The maximum absolute atomic E-state index is 14.8. The molecule has 1 aliphatic rings. The Hall–Kier alpha value is -3.62. The van der Waals surface area contributed by atoms with E-state index in [1.807, 2.05) is 13.0 Å². The average Bonchev–Trinajstić information content (AvgIpc) is 2.94. The van der Waals surface area contributed by atoms with Gasteiger partial charge >= 0.3 is 0 Å². The normalized spacial score (nSPS) is 13.7. The molecule has 1 fully saturated rings. The van der Waals surface area contributed by atoms with Crippen molar-refractivity contribution in [3.8, 4) is 11.6 Å². The lowest BCUT2D eigenvalue weighted by atomic mass is 10.1. The minimum absolute atomic E-state index is 0.0286. The Kier molecular flexibility index (Phi) is 4.12. The molecular weight excluding hydrogens is 390 g/mol. The number of hydrogen-bond acceptors (Lipinski definition) is 5. The first-order chi connectivity index (χ1) is 14.5. The summed E-state index contributed by atoms with van der Waals surface area (Å²) in [6.45, 7) is 5.49. The van der Waals surface area contributed by atoms with Gasteiger partial charge in [-0.25, -0.2) is 18.7 Å². The van der Waals surface area contributed by atoms with Crippen LogP contribution in [-0.4, -0.2) is 37.4 Å². The highest BCUT2D eigenvalue weighted by Crippen LogP contribution is 2.31. The number of anilines is 1. The zero-order valence-electron chi connectivity index (χ0n) is 16.4. The Labute approximate surface area is 170 Å². The molecule has 1 aromatic carbocycles. The summed E-state index contributed by atoms with van der Waals surface area (Å²) in [5.41, 5.74) is 2.18. The Morgan fingerprint density at radius 1 is 1.00 bits per heavy atom. The summed E-state index contributed by atoms with van der Waals surface area (Å²) in [6.07, 6.45) is 4.59. The fraction of sp³-hybridized carbons (Fsp3) is 0.238. The van der Waals surface area contributed by atoms with Gasteiger partial charge in [0.25, 0.3) is 11.5 Å². The van der Waals surface area contributed by atoms with E-state index in [2.05, 4.69) is 20.0 Å². The number of hydrogen-bond donors (Lipinski definition) is 0. The molecule has 0 unspecified atom stereocenters. The SMILES string of the molecule is Cc1c2cnn(-c3ncc(F)cn3)c(=O)c2c(C)n1-c1cc(N2CCC2)ccc1F. The van der Waals surface area contributed by atoms with Gasteiger partial charge in [0.2, 0.25) is 0 Å². The predicted octanol–water partition coefficient (Wildman–Crippen LogP) is 3.07. The first kappa shape index (κ1) is 18.4. The van der Waals surface area contributed by atoms with Crippen LogP contribution in [0.4, 0.5) is 14.5 Å². The van der Waals surface area contributed by atoms with Crippen molar-refractivity contribution in [1.29, 1.82) is 0 Å². The zero-order valence-corrected chi connectivity index (χ0v) is 16.4. The minimum Gasteiger partial charge on any atom is -0.371 e. The number of rotatable bonds is 3. The molecule has 0 aliphatic carbocycles. The Bertz CT molecular complexity index is 1340. The maximum atomic E-state index is 14.8. The van der Waals surface area contributed by atoms with Gasteiger partial charge in [-0.1, -0.05) is 0 Å². The van der Waals surface area contributed by atoms with E-state index >= 15 is 0 Å².